The highest BCUT2D eigenvalue weighted by Crippen LogP contribution is 2.40. The summed E-state index contributed by atoms with van der Waals surface area (Å²) in [5.41, 5.74) is 1.66. The maximum absolute atomic E-state index is 12.8. The summed E-state index contributed by atoms with van der Waals surface area (Å²) in [4.78, 5) is 30.9. The van der Waals surface area contributed by atoms with E-state index in [9.17, 15) is 19.8 Å². The number of aliphatic hydroxyl groups is 2. The molecule has 0 aromatic heterocycles. The van der Waals surface area contributed by atoms with Crippen molar-refractivity contribution in [2.24, 2.45) is 10.9 Å². The van der Waals surface area contributed by atoms with Crippen LogP contribution in [-0.2, 0) is 19.9 Å². The first-order valence-corrected chi connectivity index (χ1v) is 16.2. The summed E-state index contributed by atoms with van der Waals surface area (Å²) in [6, 6.07) is 23.7. The lowest BCUT2D eigenvalue weighted by Gasteiger charge is -2.36. The number of ether oxygens (including phenoxy) is 1. The molecule has 250 valence electrons. The molecule has 0 radical (unpaired) electrons. The Balaban J connectivity index is 0.000000257. The van der Waals surface area contributed by atoms with Crippen LogP contribution in [0.2, 0.25) is 5.02 Å². The number of nitrogens with one attached hydrogen (secondary N) is 1. The predicted molar refractivity (Wildman–Crippen MR) is 189 cm³/mol. The first kappa shape index (κ1) is 37.7. The summed E-state index contributed by atoms with van der Waals surface area (Å²) < 4.78 is 5.38. The summed E-state index contributed by atoms with van der Waals surface area (Å²) in [6.07, 6.45) is 3.49. The molecule has 10 heteroatoms. The maximum Gasteiger partial charge on any atom is 0.344 e. The van der Waals surface area contributed by atoms with Gasteiger partial charge in [0.1, 0.15) is 0 Å². The third-order valence-corrected chi connectivity index (χ3v) is 8.58. The Hall–Kier alpha value is -3.71. The third-order valence-electron chi connectivity index (χ3n) is 8.35. The molecule has 2 aliphatic rings. The second-order valence-electron chi connectivity index (χ2n) is 11.3. The van der Waals surface area contributed by atoms with Crippen LogP contribution in [0.1, 0.15) is 62.6 Å². The van der Waals surface area contributed by atoms with Gasteiger partial charge in [-0.05, 0) is 49.7 Å². The molecule has 1 fully saturated rings. The molecule has 5 rings (SSSR count). The fourth-order valence-corrected chi connectivity index (χ4v) is 5.88. The third kappa shape index (κ3) is 9.90. The van der Waals surface area contributed by atoms with Crippen LogP contribution in [0.3, 0.4) is 0 Å². The van der Waals surface area contributed by atoms with Gasteiger partial charge < -0.3 is 20.3 Å². The van der Waals surface area contributed by atoms with Crippen molar-refractivity contribution >= 4 is 47.3 Å². The van der Waals surface area contributed by atoms with Gasteiger partial charge in [0.05, 0.1) is 17.9 Å². The summed E-state index contributed by atoms with van der Waals surface area (Å²) >= 11 is 6.03. The van der Waals surface area contributed by atoms with Gasteiger partial charge in [0.15, 0.2) is 12.2 Å². The van der Waals surface area contributed by atoms with Crippen molar-refractivity contribution in [2.45, 2.75) is 57.8 Å². The molecule has 47 heavy (non-hydrogen) atoms. The molecule has 0 bridgehead atoms. The van der Waals surface area contributed by atoms with Crippen LogP contribution in [-0.4, -0.2) is 65.2 Å². The first-order valence-electron chi connectivity index (χ1n) is 15.8. The standard InChI is InChI=1S/C22H31NO3.C15H11ClN2O2.ClH/c1-3-23(4-2)17-11-12-18-26-21(24)22(25,19-13-7-5-8-14-19)20-15-9-6-10-16-20;16-10-6-7-12-11(8-10)13(9-4-2-1-3-5-9)18-15(20)14(19)17-12;/h5,7-8,13-14,20,25H,3-4,6,9-10,15-18H2,1-2H3;1-8,15,20H,(H,17,19);1H. The first-order chi connectivity index (χ1) is 22.3. The molecule has 1 amide bonds. The van der Waals surface area contributed by atoms with Crippen LogP contribution >= 0.6 is 24.0 Å². The van der Waals surface area contributed by atoms with E-state index in [1.807, 2.05) is 60.7 Å². The summed E-state index contributed by atoms with van der Waals surface area (Å²) in [6.45, 7) is 6.75. The molecule has 1 saturated carbocycles. The topological polar surface area (TPSA) is 111 Å². The van der Waals surface area contributed by atoms with Gasteiger partial charge in [0.2, 0.25) is 6.23 Å². The van der Waals surface area contributed by atoms with Crippen molar-refractivity contribution < 1.29 is 24.5 Å². The van der Waals surface area contributed by atoms with Crippen LogP contribution in [0, 0.1) is 17.8 Å². The Morgan fingerprint density at radius 1 is 1.00 bits per heavy atom. The number of hydrogen-bond donors (Lipinski definition) is 3. The fraction of sp³-hybridized carbons (Fsp3) is 0.378. The molecule has 8 nitrogen and oxygen atoms in total. The number of benzodiazepines with no additional fused rings is 1. The van der Waals surface area contributed by atoms with Gasteiger partial charge in [-0.15, -0.1) is 12.4 Å². The van der Waals surface area contributed by atoms with E-state index >= 15 is 0 Å². The van der Waals surface area contributed by atoms with Gasteiger partial charge >= 0.3 is 5.97 Å². The molecule has 1 aliphatic carbocycles. The lowest BCUT2D eigenvalue weighted by Crippen LogP contribution is -2.45. The summed E-state index contributed by atoms with van der Waals surface area (Å²) in [5.74, 6) is 4.69. The van der Waals surface area contributed by atoms with Crippen molar-refractivity contribution in [2.75, 3.05) is 31.6 Å². The number of carbonyl (C=O) groups excluding carboxylic acids is 2. The monoisotopic (exact) mass is 679 g/mol. The van der Waals surface area contributed by atoms with Gasteiger partial charge in [-0.25, -0.2) is 9.79 Å². The van der Waals surface area contributed by atoms with E-state index < -0.39 is 23.7 Å². The highest BCUT2D eigenvalue weighted by Gasteiger charge is 2.47. The number of fused-ring (bicyclic) bond motifs is 1. The van der Waals surface area contributed by atoms with Gasteiger partial charge in [-0.1, -0.05) is 117 Å². The zero-order valence-corrected chi connectivity index (χ0v) is 28.4. The largest absolute Gasteiger partial charge is 0.450 e. The van der Waals surface area contributed by atoms with Crippen LogP contribution in [0.25, 0.3) is 0 Å². The van der Waals surface area contributed by atoms with Crippen LogP contribution in [0.4, 0.5) is 5.69 Å². The molecule has 0 spiro atoms. The van der Waals surface area contributed by atoms with Gasteiger partial charge in [0, 0.05) is 22.1 Å². The molecular weight excluding hydrogens is 637 g/mol. The Morgan fingerprint density at radius 3 is 2.28 bits per heavy atom. The number of carbonyl (C=O) groups is 2. The van der Waals surface area contributed by atoms with E-state index in [1.165, 1.54) is 0 Å². The zero-order chi connectivity index (χ0) is 32.9. The Morgan fingerprint density at radius 2 is 1.64 bits per heavy atom. The minimum absolute atomic E-state index is 0. The summed E-state index contributed by atoms with van der Waals surface area (Å²) in [5, 5.41) is 24.3. The molecule has 3 aromatic carbocycles. The van der Waals surface area contributed by atoms with Crippen LogP contribution < -0.4 is 5.32 Å². The SMILES string of the molecule is CCN(CC)CC#CCOC(=O)C(O)(c1ccccc1)C1CCCCC1.Cl.O=C1Nc2ccc(Cl)cc2C(c2ccccc2)=NC1O. The number of benzene rings is 3. The van der Waals surface area contributed by atoms with Crippen LogP contribution in [0.5, 0.6) is 0 Å². The number of amides is 1. The number of hydrogen-bond acceptors (Lipinski definition) is 7. The van der Waals surface area contributed by atoms with Crippen molar-refractivity contribution in [1.29, 1.82) is 0 Å². The van der Waals surface area contributed by atoms with E-state index in [1.54, 1.807) is 18.2 Å². The quantitative estimate of drug-likeness (QED) is 0.193. The molecule has 1 heterocycles. The van der Waals surface area contributed by atoms with Crippen molar-refractivity contribution in [1.82, 2.24) is 4.90 Å². The van der Waals surface area contributed by atoms with E-state index in [0.29, 0.717) is 34.1 Å². The smallest absolute Gasteiger partial charge is 0.344 e. The summed E-state index contributed by atoms with van der Waals surface area (Å²) in [7, 11) is 0. The van der Waals surface area contributed by atoms with Crippen LogP contribution in [0.15, 0.2) is 83.9 Å². The highest BCUT2D eigenvalue weighted by molar-refractivity contribution is 6.32. The maximum atomic E-state index is 12.8. The molecule has 3 N–H and O–H groups in total. The molecule has 1 aliphatic heterocycles. The second kappa shape index (κ2) is 18.6. The number of esters is 1. The van der Waals surface area contributed by atoms with Gasteiger partial charge in [-0.3, -0.25) is 9.69 Å². The normalized spacial score (nSPS) is 17.1. The molecule has 3 aromatic rings. The minimum Gasteiger partial charge on any atom is -0.450 e. The molecule has 0 saturated heterocycles. The highest BCUT2D eigenvalue weighted by atomic mass is 35.5. The number of aliphatic hydroxyl groups excluding tert-OH is 1. The lowest BCUT2D eigenvalue weighted by atomic mass is 9.73. The van der Waals surface area contributed by atoms with E-state index in [4.69, 9.17) is 16.3 Å². The van der Waals surface area contributed by atoms with Crippen molar-refractivity contribution in [3.8, 4) is 11.8 Å². The average molecular weight is 681 g/mol. The Kier molecular flexibility index (Phi) is 14.9. The minimum atomic E-state index is -1.58. The lowest BCUT2D eigenvalue weighted by molar-refractivity contribution is -0.174. The average Bonchev–Trinajstić information content (AvgIpc) is 3.22. The second-order valence-corrected chi connectivity index (χ2v) is 11.7. The predicted octanol–water partition coefficient (Wildman–Crippen LogP) is 6.21. The van der Waals surface area contributed by atoms with Crippen molar-refractivity contribution in [3.63, 3.8) is 0 Å². The number of nitrogens with zero attached hydrogens (tertiary/aromatic N) is 2. The van der Waals surface area contributed by atoms with E-state index in [0.717, 1.165) is 50.8 Å². The molecule has 2 atom stereocenters. The number of rotatable bonds is 8. The molecular formula is C37H43Cl2N3O5. The number of halogens is 2. The van der Waals surface area contributed by atoms with Gasteiger partial charge in [0.25, 0.3) is 5.91 Å². The van der Waals surface area contributed by atoms with Gasteiger partial charge in [-0.2, -0.15) is 0 Å². The van der Waals surface area contributed by atoms with Crippen molar-refractivity contribution in [3.05, 3.63) is 101 Å². The van der Waals surface area contributed by atoms with E-state index in [2.05, 4.69) is 40.9 Å². The Labute approximate surface area is 288 Å². The molecule has 2 unspecified atom stereocenters. The number of aliphatic imine (C=N–C) groups is 1. The number of anilines is 1. The Bertz CT molecular complexity index is 1550. The van der Waals surface area contributed by atoms with E-state index in [-0.39, 0.29) is 24.9 Å². The fourth-order valence-electron chi connectivity index (χ4n) is 5.71. The zero-order valence-electron chi connectivity index (χ0n) is 26.8.